The van der Waals surface area contributed by atoms with Crippen LogP contribution in [0.25, 0.3) is 16.6 Å². The lowest BCUT2D eigenvalue weighted by molar-refractivity contribution is -0.149. The van der Waals surface area contributed by atoms with Gasteiger partial charge >= 0.3 is 5.97 Å². The molecule has 3 rings (SSSR count). The fourth-order valence-corrected chi connectivity index (χ4v) is 3.12. The number of fused-ring (bicyclic) bond motifs is 1. The van der Waals surface area contributed by atoms with Crippen LogP contribution >= 0.6 is 11.6 Å². The first-order valence-corrected chi connectivity index (χ1v) is 9.36. The number of para-hydroxylation sites is 1. The molecule has 1 aromatic heterocycles. The van der Waals surface area contributed by atoms with Crippen LogP contribution in [-0.2, 0) is 9.53 Å². The summed E-state index contributed by atoms with van der Waals surface area (Å²) in [7, 11) is 0. The minimum atomic E-state index is -0.646. The Morgan fingerprint density at radius 2 is 1.61 bits per heavy atom. The zero-order valence-electron chi connectivity index (χ0n) is 16.3. The molecule has 4 nitrogen and oxygen atoms in total. The summed E-state index contributed by atoms with van der Waals surface area (Å²) in [5.74, 6) is -0.475. The van der Waals surface area contributed by atoms with E-state index >= 15 is 0 Å². The fraction of sp³-hybridized carbons (Fsp3) is 0.217. The summed E-state index contributed by atoms with van der Waals surface area (Å²) in [4.78, 5) is 25.7. The van der Waals surface area contributed by atoms with E-state index in [4.69, 9.17) is 16.3 Å². The van der Waals surface area contributed by atoms with Crippen LogP contribution in [-0.4, -0.2) is 16.1 Å². The Morgan fingerprint density at radius 3 is 2.25 bits per heavy atom. The van der Waals surface area contributed by atoms with Crippen LogP contribution in [0.4, 0.5) is 0 Å². The molecule has 3 aromatic rings. The fourth-order valence-electron chi connectivity index (χ4n) is 2.99. The van der Waals surface area contributed by atoms with Gasteiger partial charge in [0.15, 0.2) is 0 Å². The van der Waals surface area contributed by atoms with Crippen LogP contribution in [0.15, 0.2) is 71.0 Å². The van der Waals surface area contributed by atoms with Gasteiger partial charge in [-0.25, -0.2) is 4.79 Å². The number of benzene rings is 2. The first-order chi connectivity index (χ1) is 13.2. The molecule has 0 spiro atoms. The Kier molecular flexibility index (Phi) is 5.43. The molecular weight excluding hydrogens is 374 g/mol. The van der Waals surface area contributed by atoms with Gasteiger partial charge in [0.25, 0.3) is 5.56 Å². The van der Waals surface area contributed by atoms with Gasteiger partial charge in [-0.3, -0.25) is 9.36 Å². The quantitative estimate of drug-likeness (QED) is 0.448. The Hall–Kier alpha value is -2.85. The van der Waals surface area contributed by atoms with E-state index in [2.05, 4.69) is 0 Å². The average Bonchev–Trinajstić information content (AvgIpc) is 2.63. The number of pyridine rings is 1. The maximum Gasteiger partial charge on any atom is 0.336 e. The topological polar surface area (TPSA) is 48.3 Å². The number of esters is 1. The molecule has 0 N–H and O–H groups in total. The van der Waals surface area contributed by atoms with Crippen molar-refractivity contribution in [2.45, 2.75) is 33.3 Å². The van der Waals surface area contributed by atoms with Gasteiger partial charge in [-0.1, -0.05) is 41.9 Å². The highest BCUT2D eigenvalue weighted by atomic mass is 35.5. The van der Waals surface area contributed by atoms with Gasteiger partial charge in [0, 0.05) is 11.1 Å². The van der Waals surface area contributed by atoms with Crippen molar-refractivity contribution in [3.63, 3.8) is 0 Å². The van der Waals surface area contributed by atoms with E-state index in [-0.39, 0.29) is 5.56 Å². The van der Waals surface area contributed by atoms with Gasteiger partial charge in [-0.15, -0.1) is 0 Å². The highest BCUT2D eigenvalue weighted by Gasteiger charge is 2.23. The molecule has 0 atom stereocenters. The Morgan fingerprint density at radius 1 is 0.964 bits per heavy atom. The summed E-state index contributed by atoms with van der Waals surface area (Å²) in [6, 6.07) is 17.9. The van der Waals surface area contributed by atoms with Crippen molar-refractivity contribution in [3.8, 4) is 0 Å². The number of carbonyl (C=O) groups excluding carboxylic acids is 1. The molecule has 0 unspecified atom stereocenters. The predicted molar refractivity (Wildman–Crippen MR) is 113 cm³/mol. The van der Waals surface area contributed by atoms with Gasteiger partial charge < -0.3 is 4.74 Å². The summed E-state index contributed by atoms with van der Waals surface area (Å²) < 4.78 is 7.11. The van der Waals surface area contributed by atoms with Crippen molar-refractivity contribution in [1.29, 1.82) is 0 Å². The van der Waals surface area contributed by atoms with Crippen molar-refractivity contribution in [1.82, 2.24) is 4.57 Å². The van der Waals surface area contributed by atoms with Crippen LogP contribution in [0.5, 0.6) is 0 Å². The first-order valence-electron chi connectivity index (χ1n) is 8.99. The molecule has 0 aliphatic heterocycles. The third kappa shape index (κ3) is 4.18. The van der Waals surface area contributed by atoms with Gasteiger partial charge in [0.2, 0.25) is 0 Å². The Balaban J connectivity index is 2.34. The average molecular weight is 396 g/mol. The molecular formula is C23H22ClNO3. The van der Waals surface area contributed by atoms with Gasteiger partial charge in [0.1, 0.15) is 5.60 Å². The highest BCUT2D eigenvalue weighted by Crippen LogP contribution is 2.27. The van der Waals surface area contributed by atoms with Crippen LogP contribution in [0.2, 0.25) is 5.02 Å². The van der Waals surface area contributed by atoms with E-state index in [1.165, 1.54) is 6.07 Å². The summed E-state index contributed by atoms with van der Waals surface area (Å²) in [6.45, 7) is 7.10. The minimum absolute atomic E-state index is 0.230. The number of nitrogens with zero attached hydrogens (tertiary/aromatic N) is 1. The van der Waals surface area contributed by atoms with Gasteiger partial charge in [0.05, 0.1) is 16.8 Å². The lowest BCUT2D eigenvalue weighted by Gasteiger charge is -2.22. The van der Waals surface area contributed by atoms with Crippen LogP contribution in [0.3, 0.4) is 0 Å². The Labute approximate surface area is 169 Å². The van der Waals surface area contributed by atoms with Crippen molar-refractivity contribution < 1.29 is 9.53 Å². The van der Waals surface area contributed by atoms with E-state index in [0.717, 1.165) is 5.39 Å². The Bertz CT molecular complexity index is 1120. The highest BCUT2D eigenvalue weighted by molar-refractivity contribution is 6.30. The molecule has 0 bridgehead atoms. The molecule has 2 aromatic carbocycles. The molecule has 0 saturated heterocycles. The van der Waals surface area contributed by atoms with E-state index in [0.29, 0.717) is 27.4 Å². The number of hydrogen-bond acceptors (Lipinski definition) is 3. The zero-order chi connectivity index (χ0) is 20.5. The van der Waals surface area contributed by atoms with Gasteiger partial charge in [-0.05, 0) is 62.9 Å². The molecule has 144 valence electrons. The second-order valence-corrected chi connectivity index (χ2v) is 7.98. The SMILES string of the molecule is CC(C(=O)OC(C)(C)C)=C(c1ccc(Cl)cc1)n1c(=O)ccc2ccccc21. The molecule has 1 heterocycles. The van der Waals surface area contributed by atoms with Crippen molar-refractivity contribution in [2.75, 3.05) is 0 Å². The minimum Gasteiger partial charge on any atom is -0.457 e. The molecule has 0 aliphatic rings. The lowest BCUT2D eigenvalue weighted by atomic mass is 10.1. The van der Waals surface area contributed by atoms with E-state index in [9.17, 15) is 9.59 Å². The largest absolute Gasteiger partial charge is 0.457 e. The van der Waals surface area contributed by atoms with Crippen LogP contribution in [0.1, 0.15) is 33.3 Å². The standard InChI is InChI=1S/C23H22ClNO3/c1-15(22(27)28-23(2,3)4)21(17-9-12-18(24)13-10-17)25-19-8-6-5-7-16(19)11-14-20(25)26/h5-14H,1-4H3. The van der Waals surface area contributed by atoms with Crippen molar-refractivity contribution in [3.05, 3.63) is 87.2 Å². The maximum atomic E-state index is 12.9. The first kappa shape index (κ1) is 19.9. The number of aromatic nitrogens is 1. The maximum absolute atomic E-state index is 12.9. The van der Waals surface area contributed by atoms with E-state index in [1.807, 2.05) is 45.0 Å². The smallest absolute Gasteiger partial charge is 0.336 e. The normalized spacial score (nSPS) is 12.6. The monoisotopic (exact) mass is 395 g/mol. The predicted octanol–water partition coefficient (Wildman–Crippen LogP) is 5.28. The zero-order valence-corrected chi connectivity index (χ0v) is 17.1. The number of hydrogen-bond donors (Lipinski definition) is 0. The van der Waals surface area contributed by atoms with E-state index in [1.54, 1.807) is 41.8 Å². The summed E-state index contributed by atoms with van der Waals surface area (Å²) in [5.41, 5.74) is 1.36. The van der Waals surface area contributed by atoms with E-state index < -0.39 is 11.6 Å². The number of rotatable bonds is 3. The molecule has 0 aliphatic carbocycles. The summed E-state index contributed by atoms with van der Waals surface area (Å²) in [5, 5.41) is 1.47. The summed E-state index contributed by atoms with van der Waals surface area (Å²) in [6.07, 6.45) is 0. The second-order valence-electron chi connectivity index (χ2n) is 7.55. The number of ether oxygens (including phenoxy) is 1. The lowest BCUT2D eigenvalue weighted by Crippen LogP contribution is -2.27. The van der Waals surface area contributed by atoms with Gasteiger partial charge in [-0.2, -0.15) is 0 Å². The second kappa shape index (κ2) is 7.64. The number of carbonyl (C=O) groups is 1. The molecule has 5 heteroatoms. The molecule has 28 heavy (non-hydrogen) atoms. The molecule has 0 radical (unpaired) electrons. The van der Waals surface area contributed by atoms with Crippen molar-refractivity contribution in [2.24, 2.45) is 0 Å². The third-order valence-electron chi connectivity index (χ3n) is 4.21. The molecule has 0 amide bonds. The van der Waals surface area contributed by atoms with Crippen LogP contribution in [0, 0.1) is 0 Å². The number of halogens is 1. The van der Waals surface area contributed by atoms with Crippen LogP contribution < -0.4 is 5.56 Å². The summed E-state index contributed by atoms with van der Waals surface area (Å²) >= 11 is 6.04. The molecule has 0 saturated carbocycles. The third-order valence-corrected chi connectivity index (χ3v) is 4.46. The molecule has 0 fully saturated rings. The van der Waals surface area contributed by atoms with Crippen molar-refractivity contribution >= 4 is 34.2 Å².